The highest BCUT2D eigenvalue weighted by molar-refractivity contribution is 9.10. The molecule has 0 aliphatic carbocycles. The highest BCUT2D eigenvalue weighted by Gasteiger charge is 2.06. The average molecular weight is 370 g/mol. The Labute approximate surface area is 136 Å². The van der Waals surface area contributed by atoms with E-state index in [2.05, 4.69) is 36.5 Å². The number of rotatable bonds is 5. The van der Waals surface area contributed by atoms with Gasteiger partial charge in [-0.05, 0) is 24.6 Å². The van der Waals surface area contributed by atoms with Crippen molar-refractivity contribution in [3.8, 4) is 0 Å². The lowest BCUT2D eigenvalue weighted by molar-refractivity contribution is -0.115. The van der Waals surface area contributed by atoms with E-state index in [0.29, 0.717) is 23.8 Å². The molecule has 2 aromatic rings. The summed E-state index contributed by atoms with van der Waals surface area (Å²) in [6, 6.07) is 5.75. The summed E-state index contributed by atoms with van der Waals surface area (Å²) >= 11 is 9.30. The molecule has 0 saturated carbocycles. The lowest BCUT2D eigenvalue weighted by atomic mass is 10.2. The summed E-state index contributed by atoms with van der Waals surface area (Å²) in [7, 11) is 0. The lowest BCUT2D eigenvalue weighted by Gasteiger charge is -2.10. The van der Waals surface area contributed by atoms with Crippen LogP contribution in [0.4, 0.5) is 11.5 Å². The van der Waals surface area contributed by atoms with Crippen molar-refractivity contribution in [1.29, 1.82) is 0 Å². The third-order valence-corrected chi connectivity index (χ3v) is 3.56. The summed E-state index contributed by atoms with van der Waals surface area (Å²) in [5.41, 5.74) is 1.81. The number of aromatic nitrogens is 2. The van der Waals surface area contributed by atoms with Gasteiger partial charge in [-0.25, -0.2) is 9.97 Å². The van der Waals surface area contributed by atoms with Crippen molar-refractivity contribution in [3.63, 3.8) is 0 Å². The first-order valence-electron chi connectivity index (χ1n) is 6.31. The zero-order chi connectivity index (χ0) is 15.2. The maximum Gasteiger partial charge on any atom is 0.226 e. The van der Waals surface area contributed by atoms with Crippen molar-refractivity contribution in [2.75, 3.05) is 17.2 Å². The zero-order valence-electron chi connectivity index (χ0n) is 11.4. The third kappa shape index (κ3) is 4.68. The number of nitrogens with one attached hydrogen (secondary N) is 2. The predicted molar refractivity (Wildman–Crippen MR) is 87.7 cm³/mol. The Hall–Kier alpha value is -1.66. The van der Waals surface area contributed by atoms with Crippen LogP contribution in [0, 0.1) is 6.92 Å². The number of aryl methyl sites for hydroxylation is 1. The molecule has 5 nitrogen and oxygen atoms in total. The second-order valence-corrected chi connectivity index (χ2v) is 5.73. The second-order valence-electron chi connectivity index (χ2n) is 4.40. The van der Waals surface area contributed by atoms with Crippen molar-refractivity contribution >= 4 is 44.9 Å². The van der Waals surface area contributed by atoms with E-state index < -0.39 is 0 Å². The van der Waals surface area contributed by atoms with Crippen molar-refractivity contribution < 1.29 is 4.79 Å². The van der Waals surface area contributed by atoms with Crippen LogP contribution in [0.3, 0.4) is 0 Å². The summed E-state index contributed by atoms with van der Waals surface area (Å²) in [4.78, 5) is 19.7. The molecule has 110 valence electrons. The number of hydrogen-bond donors (Lipinski definition) is 2. The molecule has 0 atom stereocenters. The molecule has 1 aromatic heterocycles. The Bertz CT molecular complexity index is 651. The number of benzene rings is 1. The van der Waals surface area contributed by atoms with E-state index in [9.17, 15) is 4.79 Å². The van der Waals surface area contributed by atoms with Crippen LogP contribution in [0.1, 0.15) is 12.0 Å². The number of hydrogen-bond acceptors (Lipinski definition) is 4. The minimum atomic E-state index is -0.0751. The van der Waals surface area contributed by atoms with Gasteiger partial charge in [-0.3, -0.25) is 4.79 Å². The molecule has 0 radical (unpaired) electrons. The van der Waals surface area contributed by atoms with Gasteiger partial charge in [0.25, 0.3) is 0 Å². The molecule has 2 N–H and O–H groups in total. The van der Waals surface area contributed by atoms with Gasteiger partial charge in [0.1, 0.15) is 17.2 Å². The van der Waals surface area contributed by atoms with Crippen LogP contribution in [-0.4, -0.2) is 22.4 Å². The maximum absolute atomic E-state index is 11.9. The van der Waals surface area contributed by atoms with Crippen molar-refractivity contribution in [2.45, 2.75) is 13.3 Å². The summed E-state index contributed by atoms with van der Waals surface area (Å²) < 4.78 is 0.925. The van der Waals surface area contributed by atoms with Crippen LogP contribution in [-0.2, 0) is 4.79 Å². The number of carbonyl (C=O) groups excluding carboxylic acids is 1. The predicted octanol–water partition coefficient (Wildman–Crippen LogP) is 3.64. The number of amides is 1. The van der Waals surface area contributed by atoms with Gasteiger partial charge >= 0.3 is 0 Å². The van der Waals surface area contributed by atoms with E-state index in [0.717, 1.165) is 15.7 Å². The Morgan fingerprint density at radius 1 is 1.43 bits per heavy atom. The molecule has 0 bridgehead atoms. The van der Waals surface area contributed by atoms with E-state index in [1.165, 1.54) is 12.5 Å². The quantitative estimate of drug-likeness (QED) is 0.844. The normalized spacial score (nSPS) is 10.2. The molecular formula is C14H14BrClN4O. The highest BCUT2D eigenvalue weighted by Crippen LogP contribution is 2.21. The first-order valence-corrected chi connectivity index (χ1v) is 7.49. The molecule has 0 aliphatic rings. The van der Waals surface area contributed by atoms with Crippen molar-refractivity contribution in [3.05, 3.63) is 45.8 Å². The van der Waals surface area contributed by atoms with Crippen LogP contribution in [0.2, 0.25) is 5.02 Å². The molecule has 0 unspecified atom stereocenters. The second kappa shape index (κ2) is 7.38. The molecule has 2 rings (SSSR count). The van der Waals surface area contributed by atoms with Gasteiger partial charge in [-0.15, -0.1) is 0 Å². The van der Waals surface area contributed by atoms with Crippen LogP contribution < -0.4 is 10.6 Å². The van der Waals surface area contributed by atoms with Crippen LogP contribution in [0.5, 0.6) is 0 Å². The molecule has 1 heterocycles. The van der Waals surface area contributed by atoms with Gasteiger partial charge in [0.15, 0.2) is 0 Å². The molecule has 1 aromatic carbocycles. The number of anilines is 2. The first-order chi connectivity index (χ1) is 10.1. The van der Waals surface area contributed by atoms with Crippen LogP contribution in [0.15, 0.2) is 35.2 Å². The van der Waals surface area contributed by atoms with Gasteiger partial charge in [0.2, 0.25) is 5.91 Å². The van der Waals surface area contributed by atoms with Gasteiger partial charge in [0.05, 0.1) is 6.20 Å². The van der Waals surface area contributed by atoms with E-state index in [1.807, 2.05) is 25.1 Å². The molecule has 7 heteroatoms. The molecular weight excluding hydrogens is 356 g/mol. The number of halogens is 2. The fraction of sp³-hybridized carbons (Fsp3) is 0.214. The SMILES string of the molecule is Cc1ccc(Br)cc1NC(=O)CCNc1ncncc1Cl. The topological polar surface area (TPSA) is 66.9 Å². The summed E-state index contributed by atoms with van der Waals surface area (Å²) in [6.45, 7) is 2.39. The van der Waals surface area contributed by atoms with Gasteiger partial charge in [-0.2, -0.15) is 0 Å². The monoisotopic (exact) mass is 368 g/mol. The Balaban J connectivity index is 1.85. The molecule has 21 heavy (non-hydrogen) atoms. The fourth-order valence-corrected chi connectivity index (χ4v) is 2.21. The molecule has 0 fully saturated rings. The van der Waals surface area contributed by atoms with Gasteiger partial charge in [0, 0.05) is 23.1 Å². The number of carbonyl (C=O) groups is 1. The summed E-state index contributed by atoms with van der Waals surface area (Å²) in [5, 5.41) is 6.31. The fourth-order valence-electron chi connectivity index (χ4n) is 1.68. The maximum atomic E-state index is 11.9. The Morgan fingerprint density at radius 3 is 3.00 bits per heavy atom. The van der Waals surface area contributed by atoms with Crippen molar-refractivity contribution in [2.24, 2.45) is 0 Å². The molecule has 0 aliphatic heterocycles. The minimum absolute atomic E-state index is 0.0751. The smallest absolute Gasteiger partial charge is 0.226 e. The number of nitrogens with zero attached hydrogens (tertiary/aromatic N) is 2. The highest BCUT2D eigenvalue weighted by atomic mass is 79.9. The third-order valence-electron chi connectivity index (χ3n) is 2.79. The van der Waals surface area contributed by atoms with E-state index in [-0.39, 0.29) is 5.91 Å². The molecule has 0 spiro atoms. The Kier molecular flexibility index (Phi) is 5.52. The first kappa shape index (κ1) is 15.7. The van der Waals surface area contributed by atoms with E-state index >= 15 is 0 Å². The van der Waals surface area contributed by atoms with Gasteiger partial charge in [-0.1, -0.05) is 33.6 Å². The summed E-state index contributed by atoms with van der Waals surface area (Å²) in [5.74, 6) is 0.451. The standard InChI is InChI=1S/C14H14BrClN4O/c1-9-2-3-10(15)6-12(9)20-13(21)4-5-18-14-11(16)7-17-8-19-14/h2-3,6-8H,4-5H2,1H3,(H,20,21)(H,17,18,19). The molecule has 1 amide bonds. The van der Waals surface area contributed by atoms with Crippen LogP contribution in [0.25, 0.3) is 0 Å². The van der Waals surface area contributed by atoms with E-state index in [1.54, 1.807) is 0 Å². The van der Waals surface area contributed by atoms with Gasteiger partial charge < -0.3 is 10.6 Å². The van der Waals surface area contributed by atoms with Crippen molar-refractivity contribution in [1.82, 2.24) is 9.97 Å². The van der Waals surface area contributed by atoms with E-state index in [4.69, 9.17) is 11.6 Å². The Morgan fingerprint density at radius 2 is 2.24 bits per heavy atom. The lowest BCUT2D eigenvalue weighted by Crippen LogP contribution is -2.17. The van der Waals surface area contributed by atoms with Crippen LogP contribution >= 0.6 is 27.5 Å². The minimum Gasteiger partial charge on any atom is -0.368 e. The largest absolute Gasteiger partial charge is 0.368 e. The zero-order valence-corrected chi connectivity index (χ0v) is 13.7. The molecule has 0 saturated heterocycles. The average Bonchev–Trinajstić information content (AvgIpc) is 2.45. The summed E-state index contributed by atoms with van der Waals surface area (Å²) in [6.07, 6.45) is 3.22.